The van der Waals surface area contributed by atoms with Crippen LogP contribution in [-0.4, -0.2) is 10.9 Å². The molecule has 0 aromatic heterocycles. The molecule has 0 fully saturated rings. The Balaban J connectivity index is 2.50. The zero-order valence-electron chi connectivity index (χ0n) is 8.47. The Hall–Kier alpha value is -1.67. The van der Waals surface area contributed by atoms with Gasteiger partial charge in [0.25, 0.3) is 0 Å². The largest absolute Gasteiger partial charge is 0.383 e. The molecular formula is C13H12O2. The molecule has 0 amide bonds. The molecule has 76 valence electrons. The summed E-state index contributed by atoms with van der Waals surface area (Å²) in [6.45, 7) is 1.87. The average molecular weight is 200 g/mol. The number of aliphatic hydroxyl groups is 1. The molecule has 0 unspecified atom stereocenters. The molecule has 0 aliphatic heterocycles. The molecule has 1 aliphatic carbocycles. The Morgan fingerprint density at radius 3 is 2.73 bits per heavy atom. The molecule has 0 radical (unpaired) electrons. The minimum absolute atomic E-state index is 0.0730. The van der Waals surface area contributed by atoms with Gasteiger partial charge in [0.15, 0.2) is 5.78 Å². The van der Waals surface area contributed by atoms with Gasteiger partial charge in [-0.25, -0.2) is 0 Å². The minimum Gasteiger partial charge on any atom is -0.383 e. The van der Waals surface area contributed by atoms with Gasteiger partial charge >= 0.3 is 0 Å². The maximum Gasteiger partial charge on any atom is 0.192 e. The van der Waals surface area contributed by atoms with Crippen molar-refractivity contribution < 1.29 is 9.90 Å². The first-order valence-corrected chi connectivity index (χ1v) is 4.90. The summed E-state index contributed by atoms with van der Waals surface area (Å²) >= 11 is 0. The van der Waals surface area contributed by atoms with Crippen LogP contribution in [0.3, 0.4) is 0 Å². The molecule has 2 heteroatoms. The van der Waals surface area contributed by atoms with Crippen molar-refractivity contribution in [1.82, 2.24) is 0 Å². The highest BCUT2D eigenvalue weighted by atomic mass is 16.3. The molecule has 15 heavy (non-hydrogen) atoms. The van der Waals surface area contributed by atoms with Gasteiger partial charge in [0, 0.05) is 11.1 Å². The first-order chi connectivity index (χ1) is 7.25. The van der Waals surface area contributed by atoms with E-state index in [1.807, 2.05) is 25.1 Å². The number of fused-ring (bicyclic) bond motifs is 1. The second-order valence-corrected chi connectivity index (χ2v) is 3.47. The van der Waals surface area contributed by atoms with Gasteiger partial charge in [-0.15, -0.1) is 0 Å². The molecule has 1 atom stereocenters. The Morgan fingerprint density at radius 1 is 1.33 bits per heavy atom. The smallest absolute Gasteiger partial charge is 0.192 e. The number of carbonyl (C=O) groups is 1. The van der Waals surface area contributed by atoms with E-state index < -0.39 is 6.10 Å². The third kappa shape index (κ3) is 1.53. The number of hydrogen-bond donors (Lipinski definition) is 1. The quantitative estimate of drug-likeness (QED) is 0.707. The monoisotopic (exact) mass is 200 g/mol. The van der Waals surface area contributed by atoms with Crippen molar-refractivity contribution in [2.45, 2.75) is 13.0 Å². The fraction of sp³-hybridized carbons (Fsp3) is 0.154. The highest BCUT2D eigenvalue weighted by Crippen LogP contribution is 2.35. The number of allylic oxidation sites excluding steroid dienone is 3. The van der Waals surface area contributed by atoms with Crippen molar-refractivity contribution in [3.05, 3.63) is 59.2 Å². The van der Waals surface area contributed by atoms with E-state index in [0.29, 0.717) is 16.7 Å². The molecule has 1 N–H and O–H groups in total. The van der Waals surface area contributed by atoms with Crippen molar-refractivity contribution in [2.75, 3.05) is 0 Å². The van der Waals surface area contributed by atoms with Crippen LogP contribution in [0.2, 0.25) is 0 Å². The number of aliphatic hydroxyl groups excluding tert-OH is 1. The van der Waals surface area contributed by atoms with E-state index in [4.69, 9.17) is 0 Å². The van der Waals surface area contributed by atoms with Crippen LogP contribution in [0.4, 0.5) is 0 Å². The Kier molecular flexibility index (Phi) is 2.52. The first-order valence-electron chi connectivity index (χ1n) is 4.90. The molecule has 0 saturated carbocycles. The summed E-state index contributed by atoms with van der Waals surface area (Å²) in [5.41, 5.74) is 1.77. The first kappa shape index (κ1) is 9.87. The second-order valence-electron chi connectivity index (χ2n) is 3.47. The van der Waals surface area contributed by atoms with Crippen LogP contribution in [0.15, 0.2) is 48.1 Å². The Labute approximate surface area is 88.6 Å². The Morgan fingerprint density at radius 2 is 2.07 bits per heavy atom. The van der Waals surface area contributed by atoms with Crippen LogP contribution in [0.25, 0.3) is 0 Å². The average Bonchev–Trinajstić information content (AvgIpc) is 2.51. The summed E-state index contributed by atoms with van der Waals surface area (Å²) in [6.07, 6.45) is 4.50. The van der Waals surface area contributed by atoms with Crippen molar-refractivity contribution in [3.8, 4) is 0 Å². The molecule has 1 aromatic rings. The van der Waals surface area contributed by atoms with Crippen molar-refractivity contribution in [1.29, 1.82) is 0 Å². The van der Waals surface area contributed by atoms with Crippen molar-refractivity contribution in [2.24, 2.45) is 0 Å². The van der Waals surface area contributed by atoms with E-state index in [1.165, 1.54) is 0 Å². The number of rotatable bonds is 1. The van der Waals surface area contributed by atoms with E-state index in [1.54, 1.807) is 24.3 Å². The lowest BCUT2D eigenvalue weighted by Gasteiger charge is -2.02. The molecule has 1 aliphatic rings. The molecule has 2 rings (SSSR count). The lowest BCUT2D eigenvalue weighted by Crippen LogP contribution is -1.98. The van der Waals surface area contributed by atoms with Gasteiger partial charge in [0.05, 0.1) is 0 Å². The van der Waals surface area contributed by atoms with Crippen molar-refractivity contribution in [3.63, 3.8) is 0 Å². The molecule has 1 aromatic carbocycles. The number of carbonyl (C=O) groups excluding carboxylic acids is 1. The maximum atomic E-state index is 11.9. The fourth-order valence-corrected chi connectivity index (χ4v) is 1.76. The third-order valence-electron chi connectivity index (χ3n) is 2.53. The molecule has 0 saturated heterocycles. The van der Waals surface area contributed by atoms with Crippen LogP contribution in [0, 0.1) is 0 Å². The highest BCUT2D eigenvalue weighted by Gasteiger charge is 2.32. The zero-order valence-corrected chi connectivity index (χ0v) is 8.47. The van der Waals surface area contributed by atoms with E-state index in [0.717, 1.165) is 0 Å². The fourth-order valence-electron chi connectivity index (χ4n) is 1.76. The van der Waals surface area contributed by atoms with Gasteiger partial charge in [0.1, 0.15) is 6.10 Å². The predicted molar refractivity (Wildman–Crippen MR) is 58.6 cm³/mol. The molecular weight excluding hydrogens is 188 g/mol. The lowest BCUT2D eigenvalue weighted by molar-refractivity contribution is 0.101. The minimum atomic E-state index is -0.773. The summed E-state index contributed by atoms with van der Waals surface area (Å²) < 4.78 is 0. The molecule has 0 bridgehead atoms. The van der Waals surface area contributed by atoms with E-state index >= 15 is 0 Å². The van der Waals surface area contributed by atoms with E-state index in [-0.39, 0.29) is 5.78 Å². The third-order valence-corrected chi connectivity index (χ3v) is 2.53. The van der Waals surface area contributed by atoms with Crippen LogP contribution >= 0.6 is 0 Å². The Bertz CT molecular complexity index is 455. The summed E-state index contributed by atoms with van der Waals surface area (Å²) in [5, 5.41) is 9.92. The van der Waals surface area contributed by atoms with Gasteiger partial charge in [-0.1, -0.05) is 42.5 Å². The molecule has 0 heterocycles. The SMILES string of the molecule is C/C=C/C=C1/C(=O)c2ccccc2[C@H]1O. The van der Waals surface area contributed by atoms with Gasteiger partial charge < -0.3 is 5.11 Å². The summed E-state index contributed by atoms with van der Waals surface area (Å²) in [7, 11) is 0. The highest BCUT2D eigenvalue weighted by molar-refractivity contribution is 6.14. The summed E-state index contributed by atoms with van der Waals surface area (Å²) in [4.78, 5) is 11.9. The van der Waals surface area contributed by atoms with Gasteiger partial charge in [-0.2, -0.15) is 0 Å². The number of hydrogen-bond acceptors (Lipinski definition) is 2. The topological polar surface area (TPSA) is 37.3 Å². The van der Waals surface area contributed by atoms with Crippen LogP contribution in [0.1, 0.15) is 28.9 Å². The number of Topliss-reactive ketones (excluding diaryl/α,β-unsaturated/α-hetero) is 1. The van der Waals surface area contributed by atoms with Crippen LogP contribution in [-0.2, 0) is 0 Å². The lowest BCUT2D eigenvalue weighted by atomic mass is 10.1. The predicted octanol–water partition coefficient (Wildman–Crippen LogP) is 2.42. The summed E-state index contributed by atoms with van der Waals surface area (Å²) in [6, 6.07) is 7.17. The van der Waals surface area contributed by atoms with Gasteiger partial charge in [0.2, 0.25) is 0 Å². The van der Waals surface area contributed by atoms with Crippen LogP contribution in [0.5, 0.6) is 0 Å². The molecule has 0 spiro atoms. The van der Waals surface area contributed by atoms with Gasteiger partial charge in [-0.3, -0.25) is 4.79 Å². The van der Waals surface area contributed by atoms with E-state index in [2.05, 4.69) is 0 Å². The number of benzene rings is 1. The maximum absolute atomic E-state index is 11.9. The normalized spacial score (nSPS) is 22.7. The second kappa shape index (κ2) is 3.83. The standard InChI is InChI=1S/C13H12O2/c1-2-3-6-11-12(14)9-7-4-5-8-10(9)13(11)15/h2-8,12,14H,1H3/b3-2+,11-6+/t12-/m1/s1. The van der Waals surface area contributed by atoms with Gasteiger partial charge in [-0.05, 0) is 12.5 Å². The van der Waals surface area contributed by atoms with Crippen LogP contribution < -0.4 is 0 Å². The molecule has 2 nitrogen and oxygen atoms in total. The zero-order chi connectivity index (χ0) is 10.8. The van der Waals surface area contributed by atoms with Crippen molar-refractivity contribution >= 4 is 5.78 Å². The van der Waals surface area contributed by atoms with E-state index in [9.17, 15) is 9.90 Å². The summed E-state index contributed by atoms with van der Waals surface area (Å²) in [5.74, 6) is -0.0730. The number of ketones is 1.